The van der Waals surface area contributed by atoms with Crippen molar-refractivity contribution in [3.8, 4) is 0 Å². The van der Waals surface area contributed by atoms with Crippen molar-refractivity contribution >= 4 is 5.91 Å². The fourth-order valence-electron chi connectivity index (χ4n) is 2.68. The number of rotatable bonds is 5. The Hall–Kier alpha value is -1.35. The van der Waals surface area contributed by atoms with Crippen LogP contribution >= 0.6 is 0 Å². The third-order valence-corrected chi connectivity index (χ3v) is 4.01. The normalized spacial score (nSPS) is 19.6. The molecule has 2 rings (SSSR count). The van der Waals surface area contributed by atoms with E-state index in [1.165, 1.54) is 5.56 Å². The van der Waals surface area contributed by atoms with Gasteiger partial charge < -0.3 is 10.6 Å². The lowest BCUT2D eigenvalue weighted by atomic mass is 9.92. The van der Waals surface area contributed by atoms with Gasteiger partial charge >= 0.3 is 0 Å². The molecule has 0 spiro atoms. The van der Waals surface area contributed by atoms with E-state index in [1.807, 2.05) is 6.07 Å². The summed E-state index contributed by atoms with van der Waals surface area (Å²) >= 11 is 0. The summed E-state index contributed by atoms with van der Waals surface area (Å²) in [6, 6.07) is 10.4. The molecule has 1 aliphatic rings. The molecule has 3 nitrogen and oxygen atoms in total. The van der Waals surface area contributed by atoms with E-state index in [0.717, 1.165) is 38.8 Å². The fraction of sp³-hybridized carbons (Fsp3) is 0.588. The van der Waals surface area contributed by atoms with Crippen molar-refractivity contribution in [1.82, 2.24) is 10.6 Å². The van der Waals surface area contributed by atoms with E-state index in [1.54, 1.807) is 0 Å². The second-order valence-electron chi connectivity index (χ2n) is 6.40. The molecule has 20 heavy (non-hydrogen) atoms. The van der Waals surface area contributed by atoms with Gasteiger partial charge in [0.15, 0.2) is 0 Å². The number of nitrogens with one attached hydrogen (secondary N) is 2. The number of aryl methyl sites for hydroxylation is 1. The number of hydrogen-bond donors (Lipinski definition) is 2. The Kier molecular flexibility index (Phi) is 5.18. The Morgan fingerprint density at radius 1 is 1.35 bits per heavy atom. The molecule has 0 radical (unpaired) electrons. The maximum absolute atomic E-state index is 12.3. The molecule has 0 bridgehead atoms. The Labute approximate surface area is 122 Å². The molecule has 1 fully saturated rings. The SMILES string of the molecule is CC(C)(CCc1ccccc1)NC(=O)[C@H]1CCCNC1. The van der Waals surface area contributed by atoms with Crippen molar-refractivity contribution in [3.63, 3.8) is 0 Å². The van der Waals surface area contributed by atoms with E-state index in [0.29, 0.717) is 0 Å². The second-order valence-corrected chi connectivity index (χ2v) is 6.40. The highest BCUT2D eigenvalue weighted by atomic mass is 16.2. The number of piperidine rings is 1. The van der Waals surface area contributed by atoms with Crippen LogP contribution in [-0.4, -0.2) is 24.5 Å². The summed E-state index contributed by atoms with van der Waals surface area (Å²) < 4.78 is 0. The van der Waals surface area contributed by atoms with Gasteiger partial charge in [-0.25, -0.2) is 0 Å². The Bertz CT molecular complexity index is 422. The molecule has 0 unspecified atom stereocenters. The number of benzene rings is 1. The van der Waals surface area contributed by atoms with E-state index in [2.05, 4.69) is 48.7 Å². The molecule has 1 aromatic carbocycles. The summed E-state index contributed by atoms with van der Waals surface area (Å²) in [4.78, 5) is 12.3. The minimum atomic E-state index is -0.148. The number of carbonyl (C=O) groups is 1. The topological polar surface area (TPSA) is 41.1 Å². The van der Waals surface area contributed by atoms with Crippen LogP contribution < -0.4 is 10.6 Å². The van der Waals surface area contributed by atoms with Crippen LogP contribution in [0.2, 0.25) is 0 Å². The highest BCUT2D eigenvalue weighted by Gasteiger charge is 2.26. The zero-order valence-electron chi connectivity index (χ0n) is 12.6. The molecule has 3 heteroatoms. The summed E-state index contributed by atoms with van der Waals surface area (Å²) in [5.41, 5.74) is 1.18. The highest BCUT2D eigenvalue weighted by molar-refractivity contribution is 5.79. The molecule has 110 valence electrons. The first-order chi connectivity index (χ1) is 9.57. The minimum absolute atomic E-state index is 0.139. The summed E-state index contributed by atoms with van der Waals surface area (Å²) in [6.45, 7) is 6.09. The van der Waals surface area contributed by atoms with Crippen molar-refractivity contribution in [1.29, 1.82) is 0 Å². The van der Waals surface area contributed by atoms with E-state index in [-0.39, 0.29) is 17.4 Å². The van der Waals surface area contributed by atoms with Gasteiger partial charge in [0.2, 0.25) is 5.91 Å². The third kappa shape index (κ3) is 4.64. The molecule has 0 aliphatic carbocycles. The van der Waals surface area contributed by atoms with Crippen LogP contribution in [0.25, 0.3) is 0 Å². The molecule has 2 N–H and O–H groups in total. The first-order valence-corrected chi connectivity index (χ1v) is 7.63. The predicted molar refractivity (Wildman–Crippen MR) is 82.6 cm³/mol. The van der Waals surface area contributed by atoms with Crippen molar-refractivity contribution < 1.29 is 4.79 Å². The van der Waals surface area contributed by atoms with Crippen LogP contribution in [0.4, 0.5) is 0 Å². The van der Waals surface area contributed by atoms with Gasteiger partial charge in [-0.05, 0) is 51.6 Å². The zero-order valence-corrected chi connectivity index (χ0v) is 12.6. The quantitative estimate of drug-likeness (QED) is 0.866. The van der Waals surface area contributed by atoms with E-state index >= 15 is 0 Å². The number of carbonyl (C=O) groups excluding carboxylic acids is 1. The van der Waals surface area contributed by atoms with Crippen LogP contribution in [0.3, 0.4) is 0 Å². The average Bonchev–Trinajstić information content (AvgIpc) is 2.47. The van der Waals surface area contributed by atoms with E-state index in [4.69, 9.17) is 0 Å². The largest absolute Gasteiger partial charge is 0.351 e. The minimum Gasteiger partial charge on any atom is -0.351 e. The molecular weight excluding hydrogens is 248 g/mol. The lowest BCUT2D eigenvalue weighted by molar-refractivity contribution is -0.127. The smallest absolute Gasteiger partial charge is 0.224 e. The van der Waals surface area contributed by atoms with Gasteiger partial charge in [0.05, 0.1) is 5.92 Å². The lowest BCUT2D eigenvalue weighted by Gasteiger charge is -2.30. The Balaban J connectivity index is 1.82. The number of hydrogen-bond acceptors (Lipinski definition) is 2. The third-order valence-electron chi connectivity index (χ3n) is 4.01. The maximum Gasteiger partial charge on any atom is 0.224 e. The van der Waals surface area contributed by atoms with Crippen LogP contribution in [0.15, 0.2) is 30.3 Å². The molecule has 1 atom stereocenters. The summed E-state index contributed by atoms with van der Waals surface area (Å²) in [5.74, 6) is 0.343. The lowest BCUT2D eigenvalue weighted by Crippen LogP contribution is -2.49. The van der Waals surface area contributed by atoms with Gasteiger partial charge in [0.25, 0.3) is 0 Å². The van der Waals surface area contributed by atoms with Crippen LogP contribution in [0, 0.1) is 5.92 Å². The molecule has 1 amide bonds. The summed E-state index contributed by atoms with van der Waals surface area (Å²) in [5, 5.41) is 6.52. The van der Waals surface area contributed by atoms with Gasteiger partial charge in [-0.3, -0.25) is 4.79 Å². The predicted octanol–water partition coefficient (Wildman–Crippen LogP) is 2.51. The van der Waals surface area contributed by atoms with Crippen LogP contribution in [0.5, 0.6) is 0 Å². The molecule has 1 aliphatic heterocycles. The number of amides is 1. The van der Waals surface area contributed by atoms with Gasteiger partial charge in [-0.15, -0.1) is 0 Å². The first-order valence-electron chi connectivity index (χ1n) is 7.63. The van der Waals surface area contributed by atoms with Gasteiger partial charge in [0, 0.05) is 12.1 Å². The monoisotopic (exact) mass is 274 g/mol. The van der Waals surface area contributed by atoms with Crippen molar-refractivity contribution in [3.05, 3.63) is 35.9 Å². The first kappa shape index (κ1) is 15.0. The Morgan fingerprint density at radius 2 is 2.10 bits per heavy atom. The molecule has 1 saturated heterocycles. The molecule has 1 aromatic rings. The maximum atomic E-state index is 12.3. The summed E-state index contributed by atoms with van der Waals surface area (Å²) in [6.07, 6.45) is 4.07. The van der Waals surface area contributed by atoms with Crippen molar-refractivity contribution in [2.24, 2.45) is 5.92 Å². The molecular formula is C17H26N2O. The Morgan fingerprint density at radius 3 is 2.75 bits per heavy atom. The van der Waals surface area contributed by atoms with Gasteiger partial charge in [0.1, 0.15) is 0 Å². The van der Waals surface area contributed by atoms with Crippen molar-refractivity contribution in [2.45, 2.75) is 45.1 Å². The van der Waals surface area contributed by atoms with Gasteiger partial charge in [-0.1, -0.05) is 30.3 Å². The molecule has 0 aromatic heterocycles. The van der Waals surface area contributed by atoms with Crippen molar-refractivity contribution in [2.75, 3.05) is 13.1 Å². The molecule has 0 saturated carbocycles. The standard InChI is InChI=1S/C17H26N2O/c1-17(2,11-10-14-7-4-3-5-8-14)19-16(20)15-9-6-12-18-13-15/h3-5,7-8,15,18H,6,9-13H2,1-2H3,(H,19,20)/t15-/m0/s1. The average molecular weight is 274 g/mol. The van der Waals surface area contributed by atoms with Crippen LogP contribution in [-0.2, 0) is 11.2 Å². The zero-order chi connectivity index (χ0) is 14.4. The summed E-state index contributed by atoms with van der Waals surface area (Å²) in [7, 11) is 0. The van der Waals surface area contributed by atoms with E-state index < -0.39 is 0 Å². The van der Waals surface area contributed by atoms with Gasteiger partial charge in [-0.2, -0.15) is 0 Å². The fourth-order valence-corrected chi connectivity index (χ4v) is 2.68. The van der Waals surface area contributed by atoms with E-state index in [9.17, 15) is 4.79 Å². The highest BCUT2D eigenvalue weighted by Crippen LogP contribution is 2.16. The second kappa shape index (κ2) is 6.89. The molecule has 1 heterocycles. The van der Waals surface area contributed by atoms with Crippen LogP contribution in [0.1, 0.15) is 38.7 Å².